The number of rotatable bonds is 6. The summed E-state index contributed by atoms with van der Waals surface area (Å²) in [6.45, 7) is 2.31. The number of nitrogens with one attached hydrogen (secondary N) is 2. The van der Waals surface area contributed by atoms with E-state index < -0.39 is 0 Å². The molecule has 0 fully saturated rings. The van der Waals surface area contributed by atoms with Crippen molar-refractivity contribution >= 4 is 11.9 Å². The van der Waals surface area contributed by atoms with E-state index in [1.807, 2.05) is 31.2 Å². The fourth-order valence-corrected chi connectivity index (χ4v) is 2.48. The molecule has 3 rings (SSSR count). The predicted molar refractivity (Wildman–Crippen MR) is 94.8 cm³/mol. The van der Waals surface area contributed by atoms with Crippen LogP contribution >= 0.6 is 0 Å². The maximum atomic E-state index is 12.2. The molecule has 134 valence electrons. The highest BCUT2D eigenvalue weighted by molar-refractivity contribution is 5.93. The summed E-state index contributed by atoms with van der Waals surface area (Å²) in [5.41, 5.74) is 2.46. The molecule has 7 heteroatoms. The van der Waals surface area contributed by atoms with E-state index in [1.165, 1.54) is 7.11 Å². The van der Waals surface area contributed by atoms with E-state index in [0.29, 0.717) is 35.7 Å². The van der Waals surface area contributed by atoms with Crippen LogP contribution in [0.5, 0.6) is 0 Å². The van der Waals surface area contributed by atoms with Gasteiger partial charge < -0.3 is 14.5 Å². The summed E-state index contributed by atoms with van der Waals surface area (Å²) >= 11 is 0. The number of aromatic nitrogens is 2. The zero-order valence-electron chi connectivity index (χ0n) is 14.5. The van der Waals surface area contributed by atoms with E-state index in [0.717, 1.165) is 11.3 Å². The van der Waals surface area contributed by atoms with Gasteiger partial charge in [0.1, 0.15) is 11.5 Å². The number of hydrogen-bond donors (Lipinski definition) is 2. The molecule has 0 aliphatic rings. The van der Waals surface area contributed by atoms with Gasteiger partial charge in [-0.15, -0.1) is 0 Å². The van der Waals surface area contributed by atoms with Crippen molar-refractivity contribution in [2.45, 2.75) is 13.3 Å². The zero-order chi connectivity index (χ0) is 18.5. The van der Waals surface area contributed by atoms with E-state index in [4.69, 9.17) is 4.42 Å². The van der Waals surface area contributed by atoms with Crippen molar-refractivity contribution in [2.24, 2.45) is 0 Å². The van der Waals surface area contributed by atoms with Crippen LogP contribution in [0, 0.1) is 6.92 Å². The number of carbonyl (C=O) groups excluding carboxylic acids is 2. The zero-order valence-corrected chi connectivity index (χ0v) is 14.5. The van der Waals surface area contributed by atoms with Gasteiger partial charge in [0.2, 0.25) is 0 Å². The largest absolute Gasteiger partial charge is 0.465 e. The SMILES string of the molecule is COC(=O)c1ccc(CCNC(=O)c2cc(-c3ccc(C)o3)[nH]n2)cc1. The number of benzene rings is 1. The summed E-state index contributed by atoms with van der Waals surface area (Å²) in [6.07, 6.45) is 0.641. The number of aryl methyl sites for hydroxylation is 1. The Balaban J connectivity index is 1.53. The molecule has 0 aliphatic heterocycles. The van der Waals surface area contributed by atoms with E-state index >= 15 is 0 Å². The lowest BCUT2D eigenvalue weighted by molar-refractivity contribution is 0.0600. The van der Waals surface area contributed by atoms with E-state index in [2.05, 4.69) is 20.3 Å². The van der Waals surface area contributed by atoms with Crippen molar-refractivity contribution in [1.82, 2.24) is 15.5 Å². The first-order valence-corrected chi connectivity index (χ1v) is 8.14. The standard InChI is InChI=1S/C19H19N3O4/c1-12-3-8-17(26-12)15-11-16(22-21-15)18(23)20-10-9-13-4-6-14(7-5-13)19(24)25-2/h3-8,11H,9-10H2,1-2H3,(H,20,23)(H,21,22). The number of esters is 1. The van der Waals surface area contributed by atoms with Gasteiger partial charge in [-0.25, -0.2) is 4.79 Å². The number of methoxy groups -OCH3 is 1. The van der Waals surface area contributed by atoms with Gasteiger partial charge >= 0.3 is 5.97 Å². The number of amides is 1. The Hall–Kier alpha value is -3.35. The minimum Gasteiger partial charge on any atom is -0.465 e. The molecule has 1 amide bonds. The van der Waals surface area contributed by atoms with Crippen molar-refractivity contribution in [1.29, 1.82) is 0 Å². The predicted octanol–water partition coefficient (Wildman–Crippen LogP) is 2.74. The number of nitrogens with zero attached hydrogens (tertiary/aromatic N) is 1. The van der Waals surface area contributed by atoms with Crippen LogP contribution in [0.4, 0.5) is 0 Å². The van der Waals surface area contributed by atoms with Gasteiger partial charge in [0, 0.05) is 12.6 Å². The molecule has 2 aromatic heterocycles. The molecule has 3 aromatic rings. The van der Waals surface area contributed by atoms with Crippen molar-refractivity contribution in [3.8, 4) is 11.5 Å². The highest BCUT2D eigenvalue weighted by Crippen LogP contribution is 2.20. The van der Waals surface area contributed by atoms with Crippen molar-refractivity contribution in [3.63, 3.8) is 0 Å². The first kappa shape index (κ1) is 17.5. The van der Waals surface area contributed by atoms with Gasteiger partial charge in [0.15, 0.2) is 11.5 Å². The maximum Gasteiger partial charge on any atom is 0.337 e. The third kappa shape index (κ3) is 4.00. The number of aromatic amines is 1. The normalized spacial score (nSPS) is 10.5. The van der Waals surface area contributed by atoms with Gasteiger partial charge in [-0.3, -0.25) is 9.89 Å². The Bertz CT molecular complexity index is 909. The van der Waals surface area contributed by atoms with Crippen LogP contribution in [0.3, 0.4) is 0 Å². The molecule has 7 nitrogen and oxygen atoms in total. The lowest BCUT2D eigenvalue weighted by atomic mass is 10.1. The molecule has 26 heavy (non-hydrogen) atoms. The smallest absolute Gasteiger partial charge is 0.337 e. The minimum atomic E-state index is -0.370. The van der Waals surface area contributed by atoms with Crippen LogP contribution in [0.15, 0.2) is 46.9 Å². The Morgan fingerprint density at radius 3 is 2.62 bits per heavy atom. The summed E-state index contributed by atoms with van der Waals surface area (Å²) in [6, 6.07) is 12.4. The molecule has 0 radical (unpaired) electrons. The second-order valence-corrected chi connectivity index (χ2v) is 5.77. The van der Waals surface area contributed by atoms with Crippen LogP contribution < -0.4 is 5.32 Å². The summed E-state index contributed by atoms with van der Waals surface area (Å²) in [5.74, 6) is 0.798. The molecular formula is C19H19N3O4. The average Bonchev–Trinajstić information content (AvgIpc) is 3.30. The van der Waals surface area contributed by atoms with Crippen LogP contribution in [-0.4, -0.2) is 35.7 Å². The second kappa shape index (κ2) is 7.69. The third-order valence-electron chi connectivity index (χ3n) is 3.89. The van der Waals surface area contributed by atoms with Crippen LogP contribution in [0.2, 0.25) is 0 Å². The molecule has 0 aliphatic carbocycles. The molecule has 1 aromatic carbocycles. The molecule has 0 saturated carbocycles. The van der Waals surface area contributed by atoms with Gasteiger partial charge in [0.05, 0.1) is 12.7 Å². The number of furan rings is 1. The van der Waals surface area contributed by atoms with Crippen LogP contribution in [0.25, 0.3) is 11.5 Å². The Morgan fingerprint density at radius 1 is 1.19 bits per heavy atom. The lowest BCUT2D eigenvalue weighted by Crippen LogP contribution is -2.26. The lowest BCUT2D eigenvalue weighted by Gasteiger charge is -2.04. The quantitative estimate of drug-likeness (QED) is 0.664. The second-order valence-electron chi connectivity index (χ2n) is 5.77. The first-order chi connectivity index (χ1) is 12.6. The van der Waals surface area contributed by atoms with Gasteiger partial charge in [-0.2, -0.15) is 5.10 Å². The molecule has 2 heterocycles. The molecular weight excluding hydrogens is 334 g/mol. The van der Waals surface area contributed by atoms with Gasteiger partial charge in [-0.1, -0.05) is 12.1 Å². The monoisotopic (exact) mass is 353 g/mol. The molecule has 0 atom stereocenters. The highest BCUT2D eigenvalue weighted by atomic mass is 16.5. The Morgan fingerprint density at radius 2 is 1.96 bits per heavy atom. The average molecular weight is 353 g/mol. The fourth-order valence-electron chi connectivity index (χ4n) is 2.48. The summed E-state index contributed by atoms with van der Waals surface area (Å²) in [5, 5.41) is 9.64. The third-order valence-corrected chi connectivity index (χ3v) is 3.89. The van der Waals surface area contributed by atoms with E-state index in [9.17, 15) is 9.59 Å². The van der Waals surface area contributed by atoms with Crippen molar-refractivity contribution < 1.29 is 18.7 Å². The summed E-state index contributed by atoms with van der Waals surface area (Å²) in [4.78, 5) is 23.6. The fraction of sp³-hybridized carbons (Fsp3) is 0.211. The van der Waals surface area contributed by atoms with E-state index in [1.54, 1.807) is 18.2 Å². The van der Waals surface area contributed by atoms with Gasteiger partial charge in [-0.05, 0) is 43.2 Å². The molecule has 0 unspecified atom stereocenters. The highest BCUT2D eigenvalue weighted by Gasteiger charge is 2.13. The Labute approximate surface area is 150 Å². The topological polar surface area (TPSA) is 97.2 Å². The van der Waals surface area contributed by atoms with Crippen molar-refractivity contribution in [2.75, 3.05) is 13.7 Å². The van der Waals surface area contributed by atoms with Crippen LogP contribution in [0.1, 0.15) is 32.2 Å². The molecule has 0 bridgehead atoms. The van der Waals surface area contributed by atoms with Crippen LogP contribution in [-0.2, 0) is 11.2 Å². The molecule has 0 saturated heterocycles. The van der Waals surface area contributed by atoms with E-state index in [-0.39, 0.29) is 11.9 Å². The summed E-state index contributed by atoms with van der Waals surface area (Å²) < 4.78 is 10.2. The molecule has 0 spiro atoms. The minimum absolute atomic E-state index is 0.262. The van der Waals surface area contributed by atoms with Gasteiger partial charge in [0.25, 0.3) is 5.91 Å². The number of ether oxygens (including phenoxy) is 1. The Kier molecular flexibility index (Phi) is 5.17. The first-order valence-electron chi connectivity index (χ1n) is 8.14. The maximum absolute atomic E-state index is 12.2. The number of carbonyl (C=O) groups is 2. The summed E-state index contributed by atoms with van der Waals surface area (Å²) in [7, 11) is 1.35. The molecule has 2 N–H and O–H groups in total. The number of hydrogen-bond acceptors (Lipinski definition) is 5. The number of H-pyrrole nitrogens is 1. The van der Waals surface area contributed by atoms with Crippen molar-refractivity contribution in [3.05, 3.63) is 65.0 Å².